The van der Waals surface area contributed by atoms with Crippen LogP contribution in [0, 0.1) is 0 Å². The van der Waals surface area contributed by atoms with Crippen molar-refractivity contribution in [2.75, 3.05) is 39.6 Å². The number of ether oxygens (including phenoxy) is 5. The van der Waals surface area contributed by atoms with Gasteiger partial charge in [0.25, 0.3) is 0 Å². The lowest BCUT2D eigenvalue weighted by Crippen LogP contribution is -2.02. The molecule has 0 saturated carbocycles. The Morgan fingerprint density at radius 2 is 0.833 bits per heavy atom. The molecule has 0 aliphatic heterocycles. The maximum atomic E-state index is 11.0. The van der Waals surface area contributed by atoms with E-state index < -0.39 is 0 Å². The minimum absolute atomic E-state index is 0.164. The second-order valence-electron chi connectivity index (χ2n) is 14.0. The molecule has 0 spiro atoms. The van der Waals surface area contributed by atoms with Crippen LogP contribution < -0.4 is 14.2 Å². The Kier molecular flexibility index (Phi) is 28.0. The summed E-state index contributed by atoms with van der Waals surface area (Å²) < 4.78 is 28.4. The van der Waals surface area contributed by atoms with Crippen LogP contribution in [0.15, 0.2) is 67.8 Å². The van der Waals surface area contributed by atoms with Gasteiger partial charge in [-0.1, -0.05) is 128 Å². The summed E-state index contributed by atoms with van der Waals surface area (Å²) in [6, 6.07) is 14.3. The zero-order valence-corrected chi connectivity index (χ0v) is 33.2. The summed E-state index contributed by atoms with van der Waals surface area (Å²) in [4.78, 5) is 22.1. The Hall–Kier alpha value is -3.78. The molecule has 1 N–H and O–H groups in total. The largest absolute Gasteiger partial charge is 0.494 e. The number of hydrogen-bond donors (Lipinski definition) is 1. The van der Waals surface area contributed by atoms with E-state index in [0.717, 1.165) is 86.3 Å². The van der Waals surface area contributed by atoms with E-state index in [-0.39, 0.29) is 18.5 Å². The van der Waals surface area contributed by atoms with E-state index in [1.54, 1.807) is 0 Å². The first-order valence-corrected chi connectivity index (χ1v) is 20.9. The van der Waals surface area contributed by atoms with Gasteiger partial charge in [-0.3, -0.25) is 0 Å². The Morgan fingerprint density at radius 3 is 1.28 bits per heavy atom. The van der Waals surface area contributed by atoms with Gasteiger partial charge in [-0.25, -0.2) is 9.59 Å². The minimum Gasteiger partial charge on any atom is -0.494 e. The minimum atomic E-state index is -0.335. The third-order valence-corrected chi connectivity index (χ3v) is 9.37. The molecule has 0 aliphatic rings. The first kappa shape index (κ1) is 46.4. The first-order valence-electron chi connectivity index (χ1n) is 20.9. The van der Waals surface area contributed by atoms with Crippen LogP contribution in [0.4, 0.5) is 0 Å². The van der Waals surface area contributed by atoms with Gasteiger partial charge in [0.15, 0.2) is 0 Å². The molecule has 0 heterocycles. The van der Waals surface area contributed by atoms with E-state index in [2.05, 4.69) is 31.4 Å². The van der Waals surface area contributed by atoms with Gasteiger partial charge in [0.2, 0.25) is 0 Å². The zero-order valence-electron chi connectivity index (χ0n) is 33.2. The van der Waals surface area contributed by atoms with Crippen molar-refractivity contribution < 1.29 is 38.4 Å². The van der Waals surface area contributed by atoms with Crippen LogP contribution in [-0.4, -0.2) is 56.7 Å². The van der Waals surface area contributed by atoms with Crippen molar-refractivity contribution in [3.8, 4) is 28.4 Å². The second kappa shape index (κ2) is 32.6. The van der Waals surface area contributed by atoms with Gasteiger partial charge in [0, 0.05) is 30.4 Å². The average molecular weight is 751 g/mol. The van der Waals surface area contributed by atoms with Crippen LogP contribution in [0.5, 0.6) is 17.2 Å². The van der Waals surface area contributed by atoms with Gasteiger partial charge in [0.05, 0.1) is 33.0 Å². The molecule has 2 aromatic carbocycles. The molecule has 0 amide bonds. The predicted molar refractivity (Wildman–Crippen MR) is 219 cm³/mol. The van der Waals surface area contributed by atoms with Crippen molar-refractivity contribution in [3.63, 3.8) is 0 Å². The summed E-state index contributed by atoms with van der Waals surface area (Å²) in [6.45, 7) is 9.92. The maximum Gasteiger partial charge on any atom is 0.330 e. The molecule has 8 heteroatoms. The van der Waals surface area contributed by atoms with Crippen molar-refractivity contribution >= 4 is 11.9 Å². The SMILES string of the molecule is C=CC(=O)OCCCCCCCCCCCCOc1ccc(-c2ccc(OCCCCCCCCCCCCOC(=O)C=C)cc2OCCCCO)cc1. The normalized spacial score (nSPS) is 10.8. The predicted octanol–water partition coefficient (Wildman–Crippen LogP) is 11.5. The Bertz CT molecular complexity index is 1260. The molecule has 0 unspecified atom stereocenters. The zero-order chi connectivity index (χ0) is 38.7. The lowest BCUT2D eigenvalue weighted by molar-refractivity contribution is -0.138. The molecule has 2 rings (SSSR count). The summed E-state index contributed by atoms with van der Waals surface area (Å²) >= 11 is 0. The Balaban J connectivity index is 1.61. The van der Waals surface area contributed by atoms with Gasteiger partial charge in [-0.05, 0) is 68.4 Å². The van der Waals surface area contributed by atoms with E-state index in [1.165, 1.54) is 95.6 Å². The van der Waals surface area contributed by atoms with E-state index >= 15 is 0 Å². The molecule has 54 heavy (non-hydrogen) atoms. The maximum absolute atomic E-state index is 11.0. The molecule has 0 bridgehead atoms. The molecule has 0 saturated heterocycles. The van der Waals surface area contributed by atoms with Gasteiger partial charge in [-0.2, -0.15) is 0 Å². The number of carbonyl (C=O) groups excluding carboxylic acids is 2. The number of esters is 2. The monoisotopic (exact) mass is 751 g/mol. The van der Waals surface area contributed by atoms with Gasteiger partial charge < -0.3 is 28.8 Å². The number of unbranched alkanes of at least 4 members (excludes halogenated alkanes) is 19. The quantitative estimate of drug-likeness (QED) is 0.0417. The van der Waals surface area contributed by atoms with Crippen molar-refractivity contribution in [3.05, 3.63) is 67.8 Å². The fraction of sp³-hybridized carbons (Fsp3) is 0.609. The summed E-state index contributed by atoms with van der Waals surface area (Å²) in [5.41, 5.74) is 2.08. The number of hydrogen-bond acceptors (Lipinski definition) is 8. The topological polar surface area (TPSA) is 101 Å². The summed E-state index contributed by atoms with van der Waals surface area (Å²) in [6.07, 6.45) is 27.3. The highest BCUT2D eigenvalue weighted by Gasteiger charge is 2.10. The van der Waals surface area contributed by atoms with Crippen molar-refractivity contribution in [2.24, 2.45) is 0 Å². The molecule has 0 fully saturated rings. The molecule has 302 valence electrons. The van der Waals surface area contributed by atoms with Crippen molar-refractivity contribution in [1.29, 1.82) is 0 Å². The average Bonchev–Trinajstić information content (AvgIpc) is 3.19. The standard InChI is InChI=1S/C46H70O8/c1-3-45(48)53-37-24-19-15-11-7-5-9-13-17-22-34-50-41-29-27-40(28-30-41)43-32-31-42(39-44(43)52-36-26-21-33-47)51-35-23-18-14-10-6-8-12-16-20-25-38-54-46(49)4-2/h3-4,27-32,39,47H,1-2,5-26,33-38H2. The van der Waals surface area contributed by atoms with Crippen LogP contribution in [0.1, 0.15) is 141 Å². The van der Waals surface area contributed by atoms with Crippen LogP contribution >= 0.6 is 0 Å². The molecule has 2 aromatic rings. The van der Waals surface area contributed by atoms with Crippen molar-refractivity contribution in [2.45, 2.75) is 141 Å². The van der Waals surface area contributed by atoms with Crippen LogP contribution in [-0.2, 0) is 19.1 Å². The lowest BCUT2D eigenvalue weighted by atomic mass is 10.0. The van der Waals surface area contributed by atoms with E-state index in [0.29, 0.717) is 32.8 Å². The summed E-state index contributed by atoms with van der Waals surface area (Å²) in [5, 5.41) is 9.21. The first-order chi connectivity index (χ1) is 26.6. The number of benzene rings is 2. The highest BCUT2D eigenvalue weighted by atomic mass is 16.5. The smallest absolute Gasteiger partial charge is 0.330 e. The highest BCUT2D eigenvalue weighted by Crippen LogP contribution is 2.35. The summed E-state index contributed by atoms with van der Waals surface area (Å²) in [5.74, 6) is 1.82. The van der Waals surface area contributed by atoms with E-state index in [9.17, 15) is 14.7 Å². The second-order valence-corrected chi connectivity index (χ2v) is 14.0. The third-order valence-electron chi connectivity index (χ3n) is 9.37. The molecule has 0 atom stereocenters. The third kappa shape index (κ3) is 23.8. The fourth-order valence-corrected chi connectivity index (χ4v) is 6.16. The molecule has 0 aliphatic carbocycles. The molecule has 0 radical (unpaired) electrons. The van der Waals surface area contributed by atoms with Crippen LogP contribution in [0.3, 0.4) is 0 Å². The summed E-state index contributed by atoms with van der Waals surface area (Å²) in [7, 11) is 0. The fourth-order valence-electron chi connectivity index (χ4n) is 6.16. The molecule has 8 nitrogen and oxygen atoms in total. The number of carbonyl (C=O) groups is 2. The van der Waals surface area contributed by atoms with Crippen LogP contribution in [0.25, 0.3) is 11.1 Å². The highest BCUT2D eigenvalue weighted by molar-refractivity contribution is 5.81. The number of aliphatic hydroxyl groups is 1. The van der Waals surface area contributed by atoms with Crippen LogP contribution in [0.2, 0.25) is 0 Å². The number of rotatable bonds is 36. The molecule has 0 aromatic heterocycles. The van der Waals surface area contributed by atoms with E-state index in [1.807, 2.05) is 24.3 Å². The van der Waals surface area contributed by atoms with E-state index in [4.69, 9.17) is 23.7 Å². The Labute approximate surface area is 326 Å². The Morgan fingerprint density at radius 1 is 0.463 bits per heavy atom. The molecular formula is C46H70O8. The lowest BCUT2D eigenvalue weighted by Gasteiger charge is -2.15. The number of aliphatic hydroxyl groups excluding tert-OH is 1. The van der Waals surface area contributed by atoms with Gasteiger partial charge in [-0.15, -0.1) is 0 Å². The molecular weight excluding hydrogens is 680 g/mol. The van der Waals surface area contributed by atoms with Gasteiger partial charge in [0.1, 0.15) is 17.2 Å². The van der Waals surface area contributed by atoms with Gasteiger partial charge >= 0.3 is 11.9 Å². The van der Waals surface area contributed by atoms with Crippen molar-refractivity contribution in [1.82, 2.24) is 0 Å².